The summed E-state index contributed by atoms with van der Waals surface area (Å²) in [5, 5.41) is 9.57. The van der Waals surface area contributed by atoms with Gasteiger partial charge in [0.25, 0.3) is 0 Å². The minimum absolute atomic E-state index is 0.0420. The molecule has 4 atom stereocenters. The molecule has 0 radical (unpaired) electrons. The fourth-order valence-corrected chi connectivity index (χ4v) is 5.16. The van der Waals surface area contributed by atoms with E-state index in [-0.39, 0.29) is 25.0 Å². The molecular weight excluding hydrogens is 367 g/mol. The third-order valence-corrected chi connectivity index (χ3v) is 7.03. The highest BCUT2D eigenvalue weighted by molar-refractivity contribution is 5.39. The van der Waals surface area contributed by atoms with E-state index in [2.05, 4.69) is 19.1 Å². The van der Waals surface area contributed by atoms with Crippen LogP contribution in [-0.2, 0) is 4.74 Å². The number of aliphatic hydroxyl groups excluding tert-OH is 1. The van der Waals surface area contributed by atoms with Crippen LogP contribution in [0.1, 0.15) is 64.7 Å². The summed E-state index contributed by atoms with van der Waals surface area (Å²) in [6.07, 6.45) is 6.83. The van der Waals surface area contributed by atoms with Crippen molar-refractivity contribution in [2.75, 3.05) is 19.8 Å². The molecule has 0 heterocycles. The number of hydrogen-bond acceptors (Lipinski definition) is 3. The van der Waals surface area contributed by atoms with E-state index in [1.165, 1.54) is 11.1 Å². The number of nitrogens with two attached hydrogens (primary N) is 1. The predicted molar refractivity (Wildman–Crippen MR) is 104 cm³/mol. The minimum atomic E-state index is -4.09. The van der Waals surface area contributed by atoms with Crippen LogP contribution >= 0.6 is 0 Å². The Hall–Kier alpha value is -0.850. The van der Waals surface area contributed by atoms with Gasteiger partial charge in [0, 0.05) is 25.2 Å². The average molecular weight is 402 g/mol. The van der Waals surface area contributed by atoms with E-state index in [0.29, 0.717) is 18.4 Å². The number of aliphatic hydroxyl groups is 1. The Balaban J connectivity index is 1.48. The van der Waals surface area contributed by atoms with Crippen molar-refractivity contribution in [3.63, 3.8) is 0 Å². The highest BCUT2D eigenvalue weighted by Crippen LogP contribution is 2.51. The molecule has 0 aliphatic heterocycles. The van der Waals surface area contributed by atoms with Gasteiger partial charge in [0.15, 0.2) is 0 Å². The maximum atomic E-state index is 12.2. The van der Waals surface area contributed by atoms with Gasteiger partial charge < -0.3 is 15.6 Å². The Morgan fingerprint density at radius 1 is 1.29 bits per heavy atom. The van der Waals surface area contributed by atoms with Crippen molar-refractivity contribution >= 4 is 0 Å². The molecule has 3 N–H and O–H groups in total. The second kappa shape index (κ2) is 8.49. The first-order valence-electron chi connectivity index (χ1n) is 10.6. The van der Waals surface area contributed by atoms with Gasteiger partial charge in [-0.05, 0) is 79.8 Å². The Bertz CT molecular complexity index is 615. The summed E-state index contributed by atoms with van der Waals surface area (Å²) >= 11 is 0. The molecule has 3 rings (SSSR count). The Morgan fingerprint density at radius 2 is 2.07 bits per heavy atom. The highest BCUT2D eigenvalue weighted by Gasteiger charge is 2.44. The van der Waals surface area contributed by atoms with E-state index in [0.717, 1.165) is 44.9 Å². The van der Waals surface area contributed by atoms with Crippen molar-refractivity contribution < 1.29 is 23.0 Å². The van der Waals surface area contributed by atoms with Crippen LogP contribution in [0, 0.1) is 17.3 Å². The molecule has 0 aromatic rings. The van der Waals surface area contributed by atoms with Gasteiger partial charge in [-0.15, -0.1) is 0 Å². The fraction of sp³-hybridized carbons (Fsp3) is 0.818. The molecule has 1 unspecified atom stereocenters. The van der Waals surface area contributed by atoms with Crippen LogP contribution in [0.2, 0.25) is 0 Å². The molecule has 0 amide bonds. The summed E-state index contributed by atoms with van der Waals surface area (Å²) in [6, 6.07) is 0. The van der Waals surface area contributed by atoms with Gasteiger partial charge in [0.1, 0.15) is 0 Å². The van der Waals surface area contributed by atoms with E-state index < -0.39 is 18.1 Å². The number of allylic oxidation sites excluding steroid dienone is 4. The van der Waals surface area contributed by atoms with Gasteiger partial charge in [0.05, 0.1) is 6.61 Å². The van der Waals surface area contributed by atoms with Crippen LogP contribution in [0.5, 0.6) is 0 Å². The van der Waals surface area contributed by atoms with Crippen molar-refractivity contribution in [1.29, 1.82) is 0 Å². The summed E-state index contributed by atoms with van der Waals surface area (Å²) in [5.41, 5.74) is 8.81. The number of rotatable bonds is 7. The van der Waals surface area contributed by atoms with Gasteiger partial charge in [0.2, 0.25) is 0 Å². The lowest BCUT2D eigenvalue weighted by Crippen LogP contribution is -2.42. The number of ether oxygens (including phenoxy) is 1. The lowest BCUT2D eigenvalue weighted by Gasteiger charge is -2.39. The fourth-order valence-electron chi connectivity index (χ4n) is 5.16. The van der Waals surface area contributed by atoms with Crippen LogP contribution < -0.4 is 5.73 Å². The average Bonchev–Trinajstić information content (AvgIpc) is 3.04. The molecule has 0 bridgehead atoms. The highest BCUT2D eigenvalue weighted by atomic mass is 19.4. The zero-order chi connectivity index (χ0) is 20.4. The molecule has 2 saturated carbocycles. The first kappa shape index (κ1) is 21.8. The molecule has 3 aliphatic carbocycles. The van der Waals surface area contributed by atoms with Crippen LogP contribution in [0.4, 0.5) is 13.2 Å². The van der Waals surface area contributed by atoms with E-state index >= 15 is 0 Å². The molecule has 2 fully saturated rings. The van der Waals surface area contributed by atoms with Gasteiger partial charge in [-0.2, -0.15) is 13.2 Å². The Kier molecular flexibility index (Phi) is 6.62. The third kappa shape index (κ3) is 5.39. The lowest BCUT2D eigenvalue weighted by molar-refractivity contribution is -0.138. The maximum absolute atomic E-state index is 12.2. The van der Waals surface area contributed by atoms with Crippen molar-refractivity contribution in [2.45, 2.75) is 76.4 Å². The quantitative estimate of drug-likeness (QED) is 0.597. The van der Waals surface area contributed by atoms with Crippen molar-refractivity contribution in [3.05, 3.63) is 23.3 Å². The lowest BCUT2D eigenvalue weighted by atomic mass is 9.66. The van der Waals surface area contributed by atoms with E-state index in [4.69, 9.17) is 10.5 Å². The van der Waals surface area contributed by atoms with Gasteiger partial charge in [-0.25, -0.2) is 0 Å². The molecule has 6 heteroatoms. The van der Waals surface area contributed by atoms with Gasteiger partial charge >= 0.3 is 6.18 Å². The number of alkyl halides is 3. The summed E-state index contributed by atoms with van der Waals surface area (Å²) < 4.78 is 42.0. The predicted octanol–water partition coefficient (Wildman–Crippen LogP) is 4.90. The van der Waals surface area contributed by atoms with Crippen molar-refractivity contribution in [1.82, 2.24) is 0 Å². The monoisotopic (exact) mass is 401 g/mol. The molecule has 0 spiro atoms. The molecule has 0 aromatic carbocycles. The van der Waals surface area contributed by atoms with E-state index in [1.54, 1.807) is 0 Å². The Labute approximate surface area is 166 Å². The van der Waals surface area contributed by atoms with Crippen molar-refractivity contribution in [2.24, 2.45) is 23.0 Å². The van der Waals surface area contributed by atoms with Gasteiger partial charge in [-0.1, -0.05) is 19.1 Å². The van der Waals surface area contributed by atoms with Crippen LogP contribution in [0.25, 0.3) is 0 Å². The second-order valence-electron chi connectivity index (χ2n) is 9.47. The van der Waals surface area contributed by atoms with Crippen LogP contribution in [-0.4, -0.2) is 36.6 Å². The van der Waals surface area contributed by atoms with Gasteiger partial charge in [-0.3, -0.25) is 0 Å². The topological polar surface area (TPSA) is 55.5 Å². The normalized spacial score (nSPS) is 36.1. The molecule has 3 nitrogen and oxygen atoms in total. The number of fused-ring (bicyclic) bond motifs is 1. The standard InChI is InChI=1S/C22H34F3NO2/c1-20(19-6-9-21(26,13-19)15-27)8-5-17-11-16(3-4-18(17)12-20)14-28-10-2-7-22(23,24)25/h5,12,16,19,27H,2-4,6-11,13-15,26H2,1H3/t16-,19+,20?,21-/m1/s1. The first-order valence-corrected chi connectivity index (χ1v) is 10.6. The number of halogens is 3. The summed E-state index contributed by atoms with van der Waals surface area (Å²) in [7, 11) is 0. The zero-order valence-corrected chi connectivity index (χ0v) is 16.9. The minimum Gasteiger partial charge on any atom is -0.394 e. The summed E-state index contributed by atoms with van der Waals surface area (Å²) in [4.78, 5) is 0. The summed E-state index contributed by atoms with van der Waals surface area (Å²) in [6.45, 7) is 3.11. The van der Waals surface area contributed by atoms with E-state index in [1.807, 2.05) is 0 Å². The summed E-state index contributed by atoms with van der Waals surface area (Å²) in [5.74, 6) is 0.904. The SMILES string of the molecule is CC1([C@H]2CC[C@](N)(CO)C2)C=C2CC[C@@H](COCCCC(F)(F)F)CC2=CC1. The van der Waals surface area contributed by atoms with E-state index in [9.17, 15) is 18.3 Å². The molecule has 160 valence electrons. The largest absolute Gasteiger partial charge is 0.394 e. The smallest absolute Gasteiger partial charge is 0.389 e. The third-order valence-electron chi connectivity index (χ3n) is 7.03. The molecular formula is C22H34F3NO2. The second-order valence-corrected chi connectivity index (χ2v) is 9.47. The van der Waals surface area contributed by atoms with Crippen LogP contribution in [0.15, 0.2) is 23.3 Å². The maximum Gasteiger partial charge on any atom is 0.389 e. The number of hydrogen-bond donors (Lipinski definition) is 2. The van der Waals surface area contributed by atoms with Crippen LogP contribution in [0.3, 0.4) is 0 Å². The molecule has 3 aliphatic rings. The zero-order valence-electron chi connectivity index (χ0n) is 16.9. The molecule has 0 saturated heterocycles. The molecule has 0 aromatic heterocycles. The molecule has 28 heavy (non-hydrogen) atoms. The van der Waals surface area contributed by atoms with Crippen molar-refractivity contribution in [3.8, 4) is 0 Å². The Morgan fingerprint density at radius 3 is 2.75 bits per heavy atom. The first-order chi connectivity index (χ1) is 13.1.